The number of rotatable bonds is 8. The second kappa shape index (κ2) is 14.4. The molecule has 1 heterocycles. The maximum absolute atomic E-state index is 6.35. The van der Waals surface area contributed by atoms with Crippen molar-refractivity contribution in [1.29, 1.82) is 0 Å². The Balaban J connectivity index is 0.00000167. The summed E-state index contributed by atoms with van der Waals surface area (Å²) in [6.07, 6.45) is 3.13. The molecular formula is C29H35Cl3N2S. The zero-order valence-corrected chi connectivity index (χ0v) is 23.9. The summed E-state index contributed by atoms with van der Waals surface area (Å²) in [6.45, 7) is 9.15. The molecule has 6 heteroatoms. The molecule has 0 aliphatic carbocycles. The Kier molecular flexibility index (Phi) is 11.6. The van der Waals surface area contributed by atoms with Crippen LogP contribution in [0.1, 0.15) is 49.9 Å². The number of hydrogen-bond donors (Lipinski definition) is 0. The predicted molar refractivity (Wildman–Crippen MR) is 158 cm³/mol. The lowest BCUT2D eigenvalue weighted by molar-refractivity contribution is 0.365. The van der Waals surface area contributed by atoms with Crippen molar-refractivity contribution in [2.24, 2.45) is 0 Å². The number of benzene rings is 3. The maximum Gasteiger partial charge on any atom is 0.0679 e. The van der Waals surface area contributed by atoms with Gasteiger partial charge in [0.05, 0.1) is 6.04 Å². The van der Waals surface area contributed by atoms with Gasteiger partial charge in [-0.2, -0.15) is 0 Å². The summed E-state index contributed by atoms with van der Waals surface area (Å²) >= 11 is 20.6. The van der Waals surface area contributed by atoms with Crippen molar-refractivity contribution in [2.45, 2.75) is 46.1 Å². The first-order valence-electron chi connectivity index (χ1n) is 12.5. The molecule has 3 aromatic carbocycles. The molecule has 2 nitrogen and oxygen atoms in total. The minimum Gasteiger partial charge on any atom is -0.362 e. The van der Waals surface area contributed by atoms with Crippen molar-refractivity contribution in [3.63, 3.8) is 0 Å². The van der Waals surface area contributed by atoms with Crippen LogP contribution in [0.5, 0.6) is 0 Å². The standard InChI is InChI=1S/C27H29Cl3N2S.C2H6/c1-2-4-22-18-25(30)11-12-26(22)32-15-14-31(19-27(32)21-7-9-23(28)10-8-21)33-16-13-20-5-3-6-24(29)17-20;1-2/h3,5-12,17-18,27H,2,4,13-16,19H2,1H3;1-2H3. The van der Waals surface area contributed by atoms with Gasteiger partial charge in [0.15, 0.2) is 0 Å². The normalized spacial score (nSPS) is 16.1. The summed E-state index contributed by atoms with van der Waals surface area (Å²) in [5.74, 6) is 1.04. The molecule has 0 amide bonds. The van der Waals surface area contributed by atoms with Gasteiger partial charge in [-0.1, -0.05) is 98.2 Å². The van der Waals surface area contributed by atoms with Crippen LogP contribution in [0, 0.1) is 0 Å². The number of anilines is 1. The van der Waals surface area contributed by atoms with Crippen LogP contribution >= 0.6 is 46.8 Å². The SMILES string of the molecule is CC.CCCc1cc(Cl)ccc1N1CCN(SCCc2cccc(Cl)c2)CC1c1ccc(Cl)cc1. The molecule has 1 fully saturated rings. The van der Waals surface area contributed by atoms with Gasteiger partial charge in [-0.15, -0.1) is 0 Å². The van der Waals surface area contributed by atoms with Crippen molar-refractivity contribution in [3.05, 3.63) is 98.5 Å². The summed E-state index contributed by atoms with van der Waals surface area (Å²) < 4.78 is 2.51. The van der Waals surface area contributed by atoms with Gasteiger partial charge in [-0.05, 0) is 72.0 Å². The maximum atomic E-state index is 6.35. The molecule has 1 aliphatic heterocycles. The third-order valence-electron chi connectivity index (χ3n) is 6.02. The average molecular weight is 550 g/mol. The van der Waals surface area contributed by atoms with E-state index >= 15 is 0 Å². The Labute approximate surface area is 230 Å². The topological polar surface area (TPSA) is 6.48 Å². The molecule has 188 valence electrons. The first kappa shape index (κ1) is 28.2. The largest absolute Gasteiger partial charge is 0.362 e. The van der Waals surface area contributed by atoms with Gasteiger partial charge in [0.25, 0.3) is 0 Å². The van der Waals surface area contributed by atoms with Crippen LogP contribution in [-0.4, -0.2) is 29.7 Å². The summed E-state index contributed by atoms with van der Waals surface area (Å²) in [7, 11) is 0. The Morgan fingerprint density at radius 2 is 1.54 bits per heavy atom. The van der Waals surface area contributed by atoms with E-state index in [0.717, 1.165) is 59.7 Å². The van der Waals surface area contributed by atoms with E-state index in [9.17, 15) is 0 Å². The smallest absolute Gasteiger partial charge is 0.0679 e. The van der Waals surface area contributed by atoms with Crippen LogP contribution in [0.15, 0.2) is 66.7 Å². The molecular weight excluding hydrogens is 515 g/mol. The molecule has 0 spiro atoms. The molecule has 0 bridgehead atoms. The fourth-order valence-corrected chi connectivity index (χ4v) is 6.00. The predicted octanol–water partition coefficient (Wildman–Crippen LogP) is 9.38. The number of nitrogens with zero attached hydrogens (tertiary/aromatic N) is 2. The van der Waals surface area contributed by atoms with Crippen molar-refractivity contribution in [3.8, 4) is 0 Å². The summed E-state index contributed by atoms with van der Waals surface area (Å²) in [6, 6.07) is 23.1. The lowest BCUT2D eigenvalue weighted by Crippen LogP contribution is -2.46. The number of halogens is 3. The van der Waals surface area contributed by atoms with Crippen LogP contribution in [-0.2, 0) is 12.8 Å². The van der Waals surface area contributed by atoms with Crippen molar-refractivity contribution >= 4 is 52.4 Å². The first-order chi connectivity index (χ1) is 17.0. The zero-order chi connectivity index (χ0) is 25.2. The van der Waals surface area contributed by atoms with Crippen LogP contribution in [0.4, 0.5) is 5.69 Å². The molecule has 1 saturated heterocycles. The quantitative estimate of drug-likeness (QED) is 0.258. The van der Waals surface area contributed by atoms with Crippen LogP contribution < -0.4 is 4.90 Å². The average Bonchev–Trinajstić information content (AvgIpc) is 2.86. The van der Waals surface area contributed by atoms with Crippen molar-refractivity contribution in [2.75, 3.05) is 30.3 Å². The highest BCUT2D eigenvalue weighted by molar-refractivity contribution is 7.97. The van der Waals surface area contributed by atoms with Crippen molar-refractivity contribution < 1.29 is 0 Å². The number of piperazine rings is 1. The van der Waals surface area contributed by atoms with E-state index in [1.807, 2.05) is 56.1 Å². The fourth-order valence-electron chi connectivity index (χ4n) is 4.42. The molecule has 1 aliphatic rings. The lowest BCUT2D eigenvalue weighted by atomic mass is 9.99. The van der Waals surface area contributed by atoms with Gasteiger partial charge in [-0.3, -0.25) is 0 Å². The molecule has 0 radical (unpaired) electrons. The Bertz CT molecular complexity index is 1060. The van der Waals surface area contributed by atoms with Crippen molar-refractivity contribution in [1.82, 2.24) is 4.31 Å². The highest BCUT2D eigenvalue weighted by atomic mass is 35.5. The minimum atomic E-state index is 0.256. The van der Waals surface area contributed by atoms with E-state index in [1.165, 1.54) is 22.4 Å². The molecule has 1 atom stereocenters. The van der Waals surface area contributed by atoms with E-state index in [2.05, 4.69) is 52.5 Å². The summed E-state index contributed by atoms with van der Waals surface area (Å²) in [5, 5.41) is 2.38. The molecule has 0 aromatic heterocycles. The lowest BCUT2D eigenvalue weighted by Gasteiger charge is -2.43. The van der Waals surface area contributed by atoms with Crippen LogP contribution in [0.2, 0.25) is 15.1 Å². The van der Waals surface area contributed by atoms with E-state index < -0.39 is 0 Å². The van der Waals surface area contributed by atoms with E-state index in [0.29, 0.717) is 0 Å². The zero-order valence-electron chi connectivity index (χ0n) is 20.8. The molecule has 0 saturated carbocycles. The second-order valence-electron chi connectivity index (χ2n) is 8.38. The number of aryl methyl sites for hydroxylation is 2. The van der Waals surface area contributed by atoms with Gasteiger partial charge < -0.3 is 4.90 Å². The van der Waals surface area contributed by atoms with Crippen LogP contribution in [0.3, 0.4) is 0 Å². The van der Waals surface area contributed by atoms with E-state index in [1.54, 1.807) is 0 Å². The Morgan fingerprint density at radius 3 is 2.26 bits per heavy atom. The monoisotopic (exact) mass is 548 g/mol. The fraction of sp³-hybridized carbons (Fsp3) is 0.379. The van der Waals surface area contributed by atoms with Gasteiger partial charge in [0.2, 0.25) is 0 Å². The van der Waals surface area contributed by atoms with E-state index in [4.69, 9.17) is 34.8 Å². The van der Waals surface area contributed by atoms with Gasteiger partial charge in [-0.25, -0.2) is 4.31 Å². The second-order valence-corrected chi connectivity index (χ2v) is 10.9. The molecule has 4 rings (SSSR count). The first-order valence-corrected chi connectivity index (χ1v) is 14.5. The molecule has 35 heavy (non-hydrogen) atoms. The Hall–Kier alpha value is -1.36. The summed E-state index contributed by atoms with van der Waals surface area (Å²) in [4.78, 5) is 2.55. The van der Waals surface area contributed by atoms with Gasteiger partial charge >= 0.3 is 0 Å². The van der Waals surface area contributed by atoms with Gasteiger partial charge in [0.1, 0.15) is 0 Å². The number of hydrogen-bond acceptors (Lipinski definition) is 3. The highest BCUT2D eigenvalue weighted by Crippen LogP contribution is 2.36. The minimum absolute atomic E-state index is 0.256. The molecule has 1 unspecified atom stereocenters. The third kappa shape index (κ3) is 8.06. The third-order valence-corrected chi connectivity index (χ3v) is 7.83. The van der Waals surface area contributed by atoms with Crippen LogP contribution in [0.25, 0.3) is 0 Å². The van der Waals surface area contributed by atoms with Gasteiger partial charge in [0, 0.05) is 46.1 Å². The van der Waals surface area contributed by atoms with E-state index in [-0.39, 0.29) is 6.04 Å². The summed E-state index contributed by atoms with van der Waals surface area (Å²) in [5.41, 5.74) is 5.20. The highest BCUT2D eigenvalue weighted by Gasteiger charge is 2.30. The molecule has 0 N–H and O–H groups in total. The molecule has 3 aromatic rings. The Morgan fingerprint density at radius 1 is 0.829 bits per heavy atom.